The molecule has 54 valence electrons. The molecule has 0 saturated heterocycles. The molecule has 0 unspecified atom stereocenters. The quantitative estimate of drug-likeness (QED) is 0.649. The summed E-state index contributed by atoms with van der Waals surface area (Å²) in [6.07, 6.45) is 1.36. The summed E-state index contributed by atoms with van der Waals surface area (Å²) in [6, 6.07) is 0. The molecule has 0 saturated carbocycles. The highest BCUT2D eigenvalue weighted by Gasteiger charge is 2.06. The van der Waals surface area contributed by atoms with Gasteiger partial charge in [-0.1, -0.05) is 34.8 Å². The Bertz CT molecular complexity index is 234. The summed E-state index contributed by atoms with van der Waals surface area (Å²) in [5, 5.41) is 0.617. The summed E-state index contributed by atoms with van der Waals surface area (Å²) < 4.78 is 0. The molecular weight excluding hydrogens is 194 g/mol. The first-order chi connectivity index (χ1) is 4.63. The summed E-state index contributed by atoms with van der Waals surface area (Å²) >= 11 is 16.7. The molecule has 1 aromatic heterocycles. The molecule has 0 aliphatic carbocycles. The highest BCUT2D eigenvalue weighted by molar-refractivity contribution is 6.48. The molecule has 0 aromatic carbocycles. The molecular formula is C5H3Cl3N2. The molecule has 0 bridgehead atoms. The first-order valence-electron chi connectivity index (χ1n) is 2.38. The maximum absolute atomic E-state index is 5.60. The van der Waals surface area contributed by atoms with Crippen LogP contribution in [0.25, 0.3) is 0 Å². The smallest absolute Gasteiger partial charge is 0.149 e. The second-order valence-electron chi connectivity index (χ2n) is 1.63. The van der Waals surface area contributed by atoms with Crippen molar-refractivity contribution in [1.29, 1.82) is 0 Å². The van der Waals surface area contributed by atoms with Crippen LogP contribution < -0.4 is 5.73 Å². The second-order valence-corrected chi connectivity index (χ2v) is 2.75. The van der Waals surface area contributed by atoms with Gasteiger partial charge in [-0.05, 0) is 0 Å². The number of halogens is 3. The zero-order chi connectivity index (χ0) is 7.72. The minimum absolute atomic E-state index is 0.167. The summed E-state index contributed by atoms with van der Waals surface area (Å²) in [7, 11) is 0. The second kappa shape index (κ2) is 2.82. The van der Waals surface area contributed by atoms with Crippen molar-refractivity contribution >= 4 is 40.5 Å². The summed E-state index contributed by atoms with van der Waals surface area (Å²) in [6.45, 7) is 0. The number of nitrogens with zero attached hydrogens (tertiary/aromatic N) is 1. The van der Waals surface area contributed by atoms with Crippen molar-refractivity contribution in [3.8, 4) is 0 Å². The lowest BCUT2D eigenvalue weighted by molar-refractivity contribution is 1.33. The minimum atomic E-state index is 0.167. The fraction of sp³-hybridized carbons (Fsp3) is 0. The van der Waals surface area contributed by atoms with Crippen LogP contribution in [0.1, 0.15) is 0 Å². The van der Waals surface area contributed by atoms with Crippen molar-refractivity contribution in [2.75, 3.05) is 5.73 Å². The SMILES string of the molecule is Nc1cnc(Cl)c(Cl)c1Cl. The van der Waals surface area contributed by atoms with E-state index in [1.807, 2.05) is 0 Å². The summed E-state index contributed by atoms with van der Waals surface area (Å²) in [4.78, 5) is 3.66. The third-order valence-corrected chi connectivity index (χ3v) is 2.20. The fourth-order valence-electron chi connectivity index (χ4n) is 0.457. The van der Waals surface area contributed by atoms with Crippen LogP contribution in [0.4, 0.5) is 5.69 Å². The Kier molecular flexibility index (Phi) is 2.24. The zero-order valence-corrected chi connectivity index (χ0v) is 7.00. The van der Waals surface area contributed by atoms with Crippen LogP contribution in [-0.4, -0.2) is 4.98 Å². The van der Waals surface area contributed by atoms with Gasteiger partial charge in [-0.15, -0.1) is 0 Å². The van der Waals surface area contributed by atoms with Crippen LogP contribution in [0, 0.1) is 0 Å². The van der Waals surface area contributed by atoms with Gasteiger partial charge in [0.25, 0.3) is 0 Å². The van der Waals surface area contributed by atoms with E-state index in [9.17, 15) is 0 Å². The largest absolute Gasteiger partial charge is 0.396 e. The van der Waals surface area contributed by atoms with Crippen LogP contribution in [0.2, 0.25) is 15.2 Å². The Hall–Kier alpha value is -0.180. The molecule has 10 heavy (non-hydrogen) atoms. The van der Waals surface area contributed by atoms with Gasteiger partial charge in [0.2, 0.25) is 0 Å². The zero-order valence-electron chi connectivity index (χ0n) is 4.74. The number of hydrogen-bond acceptors (Lipinski definition) is 2. The normalized spacial score (nSPS) is 9.90. The summed E-state index contributed by atoms with van der Waals surface area (Å²) in [5.41, 5.74) is 5.68. The Balaban J connectivity index is 3.34. The van der Waals surface area contributed by atoms with Crippen LogP contribution in [-0.2, 0) is 0 Å². The van der Waals surface area contributed by atoms with Gasteiger partial charge in [0, 0.05) is 0 Å². The van der Waals surface area contributed by atoms with Crippen molar-refractivity contribution in [3.05, 3.63) is 21.4 Å². The minimum Gasteiger partial charge on any atom is -0.396 e. The molecule has 1 heterocycles. The van der Waals surface area contributed by atoms with Gasteiger partial charge in [-0.3, -0.25) is 0 Å². The van der Waals surface area contributed by atoms with E-state index in [0.29, 0.717) is 5.69 Å². The first-order valence-corrected chi connectivity index (χ1v) is 3.51. The Morgan fingerprint density at radius 3 is 2.30 bits per heavy atom. The molecule has 0 atom stereocenters. The molecule has 0 amide bonds. The highest BCUT2D eigenvalue weighted by atomic mass is 35.5. The monoisotopic (exact) mass is 196 g/mol. The van der Waals surface area contributed by atoms with Crippen LogP contribution >= 0.6 is 34.8 Å². The van der Waals surface area contributed by atoms with E-state index in [2.05, 4.69) is 4.98 Å². The molecule has 2 nitrogen and oxygen atoms in total. The van der Waals surface area contributed by atoms with Gasteiger partial charge in [-0.2, -0.15) is 0 Å². The summed E-state index contributed by atoms with van der Waals surface area (Å²) in [5.74, 6) is 0. The van der Waals surface area contributed by atoms with Crippen molar-refractivity contribution in [3.63, 3.8) is 0 Å². The lowest BCUT2D eigenvalue weighted by Crippen LogP contribution is -1.88. The topological polar surface area (TPSA) is 38.9 Å². The number of hydrogen-bond donors (Lipinski definition) is 1. The fourth-order valence-corrected chi connectivity index (χ4v) is 0.945. The Labute approximate surface area is 72.9 Å². The van der Waals surface area contributed by atoms with E-state index in [1.54, 1.807) is 0 Å². The van der Waals surface area contributed by atoms with Gasteiger partial charge in [0.1, 0.15) is 5.15 Å². The highest BCUT2D eigenvalue weighted by Crippen LogP contribution is 2.31. The molecule has 1 aromatic rings. The third-order valence-electron chi connectivity index (χ3n) is 0.944. The number of nitrogens with two attached hydrogens (primary N) is 1. The number of rotatable bonds is 0. The molecule has 0 aliphatic heterocycles. The van der Waals surface area contributed by atoms with Crippen LogP contribution in [0.5, 0.6) is 0 Å². The van der Waals surface area contributed by atoms with Gasteiger partial charge in [-0.25, -0.2) is 4.98 Å². The maximum atomic E-state index is 5.60. The first kappa shape index (κ1) is 7.92. The van der Waals surface area contributed by atoms with E-state index < -0.39 is 0 Å². The molecule has 1 rings (SSSR count). The van der Waals surface area contributed by atoms with E-state index in [-0.39, 0.29) is 15.2 Å². The lowest BCUT2D eigenvalue weighted by Gasteiger charge is -1.99. The van der Waals surface area contributed by atoms with Crippen molar-refractivity contribution in [2.45, 2.75) is 0 Å². The van der Waals surface area contributed by atoms with Gasteiger partial charge in [0.15, 0.2) is 0 Å². The van der Waals surface area contributed by atoms with E-state index in [0.717, 1.165) is 0 Å². The van der Waals surface area contributed by atoms with Crippen molar-refractivity contribution in [1.82, 2.24) is 4.98 Å². The Morgan fingerprint density at radius 2 is 1.80 bits per heavy atom. The van der Waals surface area contributed by atoms with E-state index in [4.69, 9.17) is 40.5 Å². The number of pyridine rings is 1. The number of nitrogen functional groups attached to an aromatic ring is 1. The molecule has 0 fully saturated rings. The van der Waals surface area contributed by atoms with Gasteiger partial charge < -0.3 is 5.73 Å². The lowest BCUT2D eigenvalue weighted by atomic mass is 10.4. The third kappa shape index (κ3) is 1.29. The maximum Gasteiger partial charge on any atom is 0.149 e. The predicted octanol–water partition coefficient (Wildman–Crippen LogP) is 2.62. The van der Waals surface area contributed by atoms with Crippen molar-refractivity contribution < 1.29 is 0 Å². The number of aromatic nitrogens is 1. The molecule has 0 aliphatic rings. The van der Waals surface area contributed by atoms with E-state index >= 15 is 0 Å². The standard InChI is InChI=1S/C5H3Cl3N2/c6-3-2(9)1-10-5(8)4(3)7/h1H,9H2. The average molecular weight is 197 g/mol. The number of anilines is 1. The van der Waals surface area contributed by atoms with E-state index in [1.165, 1.54) is 6.20 Å². The van der Waals surface area contributed by atoms with Gasteiger partial charge in [0.05, 0.1) is 21.9 Å². The van der Waals surface area contributed by atoms with Crippen molar-refractivity contribution in [2.24, 2.45) is 0 Å². The molecule has 0 spiro atoms. The van der Waals surface area contributed by atoms with Gasteiger partial charge >= 0.3 is 0 Å². The van der Waals surface area contributed by atoms with Crippen LogP contribution in [0.15, 0.2) is 6.20 Å². The molecule has 2 N–H and O–H groups in total. The average Bonchev–Trinajstić information content (AvgIpc) is 1.93. The molecule has 5 heteroatoms. The molecule has 0 radical (unpaired) electrons. The predicted molar refractivity (Wildman–Crippen MR) is 43.7 cm³/mol. The Morgan fingerprint density at radius 1 is 1.20 bits per heavy atom. The van der Waals surface area contributed by atoms with Crippen LogP contribution in [0.3, 0.4) is 0 Å².